The fourth-order valence-electron chi connectivity index (χ4n) is 2.63. The summed E-state index contributed by atoms with van der Waals surface area (Å²) in [6.07, 6.45) is -4.71. The highest BCUT2D eigenvalue weighted by molar-refractivity contribution is 5.81. The molecule has 0 aliphatic carbocycles. The first-order valence-corrected chi connectivity index (χ1v) is 7.18. The number of ether oxygens (including phenoxy) is 2. The number of aromatic amines is 1. The lowest BCUT2D eigenvalue weighted by Crippen LogP contribution is -2.20. The third-order valence-corrected chi connectivity index (χ3v) is 3.76. The molecule has 3 aromatic rings. The predicted molar refractivity (Wildman–Crippen MR) is 84.1 cm³/mol. The van der Waals surface area contributed by atoms with Gasteiger partial charge in [0.25, 0.3) is 5.56 Å². The van der Waals surface area contributed by atoms with Crippen molar-refractivity contribution in [3.8, 4) is 22.6 Å². The molecule has 9 heteroatoms. The molecule has 0 aliphatic heterocycles. The minimum absolute atomic E-state index is 0.107. The molecular weight excluding hydrogens is 339 g/mol. The van der Waals surface area contributed by atoms with Crippen LogP contribution in [0.2, 0.25) is 0 Å². The summed E-state index contributed by atoms with van der Waals surface area (Å²) < 4.78 is 50.4. The van der Waals surface area contributed by atoms with Crippen molar-refractivity contribution in [2.45, 2.75) is 13.1 Å². The summed E-state index contributed by atoms with van der Waals surface area (Å²) in [4.78, 5) is 15.7. The summed E-state index contributed by atoms with van der Waals surface area (Å²) in [5.74, 6) is 0.887. The molecule has 1 aromatic carbocycles. The van der Waals surface area contributed by atoms with Crippen LogP contribution in [0.1, 0.15) is 11.4 Å². The highest BCUT2D eigenvalue weighted by atomic mass is 19.4. The lowest BCUT2D eigenvalue weighted by molar-refractivity contribution is -0.141. The van der Waals surface area contributed by atoms with Gasteiger partial charge in [0.2, 0.25) is 0 Å². The smallest absolute Gasteiger partial charge is 0.433 e. The van der Waals surface area contributed by atoms with Crippen LogP contribution in [-0.4, -0.2) is 28.8 Å². The second-order valence-electron chi connectivity index (χ2n) is 5.32. The van der Waals surface area contributed by atoms with Crippen LogP contribution < -0.4 is 15.0 Å². The largest absolute Gasteiger partial charge is 0.493 e. The maximum Gasteiger partial charge on any atom is 0.433 e. The lowest BCUT2D eigenvalue weighted by Gasteiger charge is -2.10. The number of fused-ring (bicyclic) bond motifs is 1. The molecule has 0 atom stereocenters. The molecule has 6 nitrogen and oxygen atoms in total. The van der Waals surface area contributed by atoms with Gasteiger partial charge in [-0.05, 0) is 24.6 Å². The summed E-state index contributed by atoms with van der Waals surface area (Å²) in [6, 6.07) is 5.36. The first kappa shape index (κ1) is 16.9. The van der Waals surface area contributed by atoms with Crippen LogP contribution in [0.5, 0.6) is 11.5 Å². The summed E-state index contributed by atoms with van der Waals surface area (Å²) in [6.45, 7) is 1.65. The van der Waals surface area contributed by atoms with Gasteiger partial charge in [0, 0.05) is 17.3 Å². The van der Waals surface area contributed by atoms with Crippen molar-refractivity contribution in [2.24, 2.45) is 0 Å². The molecule has 0 bridgehead atoms. The van der Waals surface area contributed by atoms with Crippen molar-refractivity contribution in [3.63, 3.8) is 0 Å². The number of methoxy groups -OCH3 is 2. The molecule has 0 unspecified atom stereocenters. The van der Waals surface area contributed by atoms with Gasteiger partial charge in [-0.2, -0.15) is 13.2 Å². The number of rotatable bonds is 3. The number of hydrogen-bond acceptors (Lipinski definition) is 4. The predicted octanol–water partition coefficient (Wildman–Crippen LogP) is 3.03. The van der Waals surface area contributed by atoms with E-state index in [4.69, 9.17) is 9.47 Å². The number of benzene rings is 1. The van der Waals surface area contributed by atoms with Crippen LogP contribution in [0, 0.1) is 6.92 Å². The Kier molecular flexibility index (Phi) is 3.94. The number of nitrogens with one attached hydrogen (secondary N) is 1. The minimum atomic E-state index is -4.71. The van der Waals surface area contributed by atoms with E-state index in [-0.39, 0.29) is 5.65 Å². The zero-order valence-corrected chi connectivity index (χ0v) is 13.6. The van der Waals surface area contributed by atoms with Crippen molar-refractivity contribution in [2.75, 3.05) is 14.2 Å². The van der Waals surface area contributed by atoms with Gasteiger partial charge >= 0.3 is 6.18 Å². The van der Waals surface area contributed by atoms with Crippen LogP contribution >= 0.6 is 0 Å². The van der Waals surface area contributed by atoms with Crippen molar-refractivity contribution >= 4 is 5.65 Å². The van der Waals surface area contributed by atoms with Gasteiger partial charge < -0.3 is 9.47 Å². The van der Waals surface area contributed by atoms with E-state index in [0.717, 1.165) is 4.52 Å². The molecule has 0 aliphatic rings. The van der Waals surface area contributed by atoms with E-state index in [1.807, 2.05) is 0 Å². The van der Waals surface area contributed by atoms with E-state index in [2.05, 4.69) is 10.1 Å². The zero-order chi connectivity index (χ0) is 18.4. The van der Waals surface area contributed by atoms with E-state index in [1.54, 1.807) is 25.1 Å². The second-order valence-corrected chi connectivity index (χ2v) is 5.32. The average molecular weight is 353 g/mol. The SMILES string of the molecule is COc1ccc(-c2c(C)[nH]n3c(=O)cc(C(F)(F)F)nc23)cc1OC. The molecular formula is C16H14F3N3O3. The number of halogens is 3. The molecule has 2 aromatic heterocycles. The molecule has 0 radical (unpaired) electrons. The number of aromatic nitrogens is 3. The average Bonchev–Trinajstić information content (AvgIpc) is 2.90. The molecule has 2 heterocycles. The summed E-state index contributed by atoms with van der Waals surface area (Å²) in [5.41, 5.74) is -0.768. The van der Waals surface area contributed by atoms with Crippen LogP contribution in [0.15, 0.2) is 29.1 Å². The van der Waals surface area contributed by atoms with Gasteiger partial charge in [0.1, 0.15) is 0 Å². The van der Waals surface area contributed by atoms with Gasteiger partial charge in [0.05, 0.1) is 14.2 Å². The first-order valence-electron chi connectivity index (χ1n) is 7.18. The second kappa shape index (κ2) is 5.83. The van der Waals surface area contributed by atoms with Gasteiger partial charge in [-0.15, -0.1) is 0 Å². The van der Waals surface area contributed by atoms with E-state index in [9.17, 15) is 18.0 Å². The number of hydrogen-bond donors (Lipinski definition) is 1. The quantitative estimate of drug-likeness (QED) is 0.786. The Bertz CT molecular complexity index is 1010. The van der Waals surface area contributed by atoms with Crippen molar-refractivity contribution in [1.29, 1.82) is 0 Å². The minimum Gasteiger partial charge on any atom is -0.493 e. The number of alkyl halides is 3. The number of aryl methyl sites for hydroxylation is 1. The van der Waals surface area contributed by atoms with Crippen LogP contribution in [0.25, 0.3) is 16.8 Å². The Morgan fingerprint density at radius 1 is 1.12 bits per heavy atom. The molecule has 3 rings (SSSR count). The standard InChI is InChI=1S/C16H14F3N3O3/c1-8-14(9-4-5-10(24-2)11(6-9)25-3)15-20-12(16(17,18)19)7-13(23)22(15)21-8/h4-7,21H,1-3H3. The van der Waals surface area contributed by atoms with Gasteiger partial charge in [-0.1, -0.05) is 6.07 Å². The lowest BCUT2D eigenvalue weighted by atomic mass is 10.1. The fourth-order valence-corrected chi connectivity index (χ4v) is 2.63. The maximum atomic E-state index is 13.0. The molecule has 0 fully saturated rings. The maximum absolute atomic E-state index is 13.0. The molecule has 132 valence electrons. The summed E-state index contributed by atoms with van der Waals surface area (Å²) >= 11 is 0. The van der Waals surface area contributed by atoms with Gasteiger partial charge in [0.15, 0.2) is 22.8 Å². The first-order chi connectivity index (χ1) is 11.8. The van der Waals surface area contributed by atoms with Gasteiger partial charge in [-0.3, -0.25) is 9.89 Å². The van der Waals surface area contributed by atoms with Crippen molar-refractivity contribution in [3.05, 3.63) is 46.0 Å². The highest BCUT2D eigenvalue weighted by Crippen LogP contribution is 2.35. The van der Waals surface area contributed by atoms with Crippen molar-refractivity contribution < 1.29 is 22.6 Å². The Hall–Kier alpha value is -2.97. The number of nitrogens with zero attached hydrogens (tertiary/aromatic N) is 2. The van der Waals surface area contributed by atoms with Gasteiger partial charge in [-0.25, -0.2) is 9.50 Å². The molecule has 1 N–H and O–H groups in total. The molecule has 0 spiro atoms. The summed E-state index contributed by atoms with van der Waals surface area (Å²) in [7, 11) is 2.93. The third-order valence-electron chi connectivity index (χ3n) is 3.76. The zero-order valence-electron chi connectivity index (χ0n) is 13.6. The monoisotopic (exact) mass is 353 g/mol. The Morgan fingerprint density at radius 2 is 1.80 bits per heavy atom. The molecule has 25 heavy (non-hydrogen) atoms. The van der Waals surface area contributed by atoms with E-state index >= 15 is 0 Å². The molecule has 0 amide bonds. The number of H-pyrrole nitrogens is 1. The van der Waals surface area contributed by atoms with Crippen LogP contribution in [0.3, 0.4) is 0 Å². The normalized spacial score (nSPS) is 11.8. The van der Waals surface area contributed by atoms with Crippen molar-refractivity contribution in [1.82, 2.24) is 14.6 Å². The Labute approximate surface area is 139 Å². The third kappa shape index (κ3) is 2.81. The Balaban J connectivity index is 2.31. The van der Waals surface area contributed by atoms with Crippen LogP contribution in [0.4, 0.5) is 13.2 Å². The highest BCUT2D eigenvalue weighted by Gasteiger charge is 2.34. The van der Waals surface area contributed by atoms with E-state index in [0.29, 0.717) is 34.4 Å². The molecule has 0 saturated heterocycles. The van der Waals surface area contributed by atoms with E-state index in [1.165, 1.54) is 14.2 Å². The molecule has 0 saturated carbocycles. The Morgan fingerprint density at radius 3 is 2.40 bits per heavy atom. The fraction of sp³-hybridized carbons (Fsp3) is 0.250. The van der Waals surface area contributed by atoms with E-state index < -0.39 is 17.4 Å². The summed E-state index contributed by atoms with van der Waals surface area (Å²) in [5, 5.41) is 2.74. The topological polar surface area (TPSA) is 68.6 Å². The van der Waals surface area contributed by atoms with Crippen LogP contribution in [-0.2, 0) is 6.18 Å².